The Morgan fingerprint density at radius 1 is 1.18 bits per heavy atom. The number of hydrogen-bond donors (Lipinski definition) is 2. The zero-order chi connectivity index (χ0) is 23.9. The second kappa shape index (κ2) is 8.76. The minimum Gasteiger partial charge on any atom is -0.497 e. The number of anilines is 1. The number of rotatable bonds is 5. The number of thioether (sulfide) groups is 1. The third-order valence-electron chi connectivity index (χ3n) is 6.23. The van der Waals surface area contributed by atoms with Crippen LogP contribution in [0.2, 0.25) is 0 Å². The highest BCUT2D eigenvalue weighted by Crippen LogP contribution is 2.48. The van der Waals surface area contributed by atoms with Crippen LogP contribution in [0.1, 0.15) is 49.3 Å². The largest absolute Gasteiger partial charge is 0.497 e. The Labute approximate surface area is 202 Å². The van der Waals surface area contributed by atoms with E-state index in [1.54, 1.807) is 19.5 Å². The number of carbonyl (C=O) groups excluding carboxylic acids is 1. The quantitative estimate of drug-likeness (QED) is 0.410. The van der Waals surface area contributed by atoms with Gasteiger partial charge >= 0.3 is 0 Å². The highest BCUT2D eigenvalue weighted by atomic mass is 32.2. The summed E-state index contributed by atoms with van der Waals surface area (Å²) in [4.78, 5) is 38.6. The molecule has 0 saturated heterocycles. The number of allylic oxidation sites excluding steroid dienone is 2. The molecular weight excluding hydrogens is 448 g/mol. The second-order valence-electron chi connectivity index (χ2n) is 9.45. The molecule has 1 aromatic carbocycles. The molecule has 1 unspecified atom stereocenters. The number of carbonyl (C=O) groups is 1. The number of ketones is 1. The normalized spacial score (nSPS) is 18.7. The summed E-state index contributed by atoms with van der Waals surface area (Å²) in [6, 6.07) is 11.4. The molecule has 1 atom stereocenters. The molecule has 8 heteroatoms. The van der Waals surface area contributed by atoms with Crippen molar-refractivity contribution in [3.63, 3.8) is 0 Å². The summed E-state index contributed by atoms with van der Waals surface area (Å²) in [6.07, 6.45) is 4.68. The number of hydrogen-bond acceptors (Lipinski definition) is 7. The van der Waals surface area contributed by atoms with Crippen molar-refractivity contribution >= 4 is 23.4 Å². The predicted molar refractivity (Wildman–Crippen MR) is 132 cm³/mol. The number of nitrogens with zero attached hydrogens (tertiary/aromatic N) is 2. The molecule has 0 spiro atoms. The van der Waals surface area contributed by atoms with Gasteiger partial charge in [-0.2, -0.15) is 0 Å². The van der Waals surface area contributed by atoms with Crippen LogP contribution in [-0.4, -0.2) is 27.8 Å². The zero-order valence-electron chi connectivity index (χ0n) is 19.3. The molecule has 174 valence electrons. The van der Waals surface area contributed by atoms with Crippen LogP contribution < -0.4 is 15.6 Å². The SMILES string of the molecule is COc1cccc(C2C3=C(CC(C)(C)CC3=O)Nc3nc(SCc4cccnc4)[nH]c(=O)c32)c1. The molecule has 0 saturated carbocycles. The molecular formula is C26H26N4O3S. The number of pyridine rings is 1. The number of ether oxygens (including phenoxy) is 1. The lowest BCUT2D eigenvalue weighted by Gasteiger charge is -2.38. The molecule has 3 heterocycles. The van der Waals surface area contributed by atoms with E-state index in [4.69, 9.17) is 9.72 Å². The highest BCUT2D eigenvalue weighted by molar-refractivity contribution is 7.98. The van der Waals surface area contributed by atoms with Crippen molar-refractivity contribution in [2.75, 3.05) is 12.4 Å². The topological polar surface area (TPSA) is 97.0 Å². The monoisotopic (exact) mass is 474 g/mol. The molecule has 7 nitrogen and oxygen atoms in total. The van der Waals surface area contributed by atoms with E-state index < -0.39 is 5.92 Å². The smallest absolute Gasteiger partial charge is 0.257 e. The first-order valence-corrected chi connectivity index (χ1v) is 12.2. The van der Waals surface area contributed by atoms with Crippen LogP contribution in [-0.2, 0) is 10.5 Å². The van der Waals surface area contributed by atoms with Gasteiger partial charge in [-0.3, -0.25) is 14.6 Å². The number of nitrogens with one attached hydrogen (secondary N) is 2. The number of Topliss-reactive ketones (excluding diaryl/α,β-unsaturated/α-hetero) is 1. The van der Waals surface area contributed by atoms with E-state index in [-0.39, 0.29) is 16.8 Å². The lowest BCUT2D eigenvalue weighted by atomic mass is 9.69. The molecule has 2 N–H and O–H groups in total. The first-order valence-electron chi connectivity index (χ1n) is 11.2. The molecule has 0 fully saturated rings. The third-order valence-corrected chi connectivity index (χ3v) is 7.17. The molecule has 34 heavy (non-hydrogen) atoms. The van der Waals surface area contributed by atoms with E-state index in [0.717, 1.165) is 16.8 Å². The number of methoxy groups -OCH3 is 1. The fraction of sp³-hybridized carbons (Fsp3) is 0.308. The molecule has 5 rings (SSSR count). The average molecular weight is 475 g/mol. The third kappa shape index (κ3) is 4.25. The Kier molecular flexibility index (Phi) is 5.77. The Balaban J connectivity index is 1.60. The van der Waals surface area contributed by atoms with Gasteiger partial charge in [-0.25, -0.2) is 4.98 Å². The Morgan fingerprint density at radius 3 is 2.79 bits per heavy atom. The fourth-order valence-electron chi connectivity index (χ4n) is 4.75. The van der Waals surface area contributed by atoms with Gasteiger partial charge in [-0.1, -0.05) is 43.8 Å². The van der Waals surface area contributed by atoms with E-state index in [1.807, 2.05) is 36.4 Å². The maximum absolute atomic E-state index is 13.4. The van der Waals surface area contributed by atoms with Gasteiger partial charge in [0.1, 0.15) is 11.6 Å². The van der Waals surface area contributed by atoms with Crippen LogP contribution in [0.4, 0.5) is 5.82 Å². The predicted octanol–water partition coefficient (Wildman–Crippen LogP) is 4.67. The van der Waals surface area contributed by atoms with Gasteiger partial charge in [0.05, 0.1) is 12.7 Å². The number of benzene rings is 1. The minimum absolute atomic E-state index is 0.0617. The van der Waals surface area contributed by atoms with Gasteiger partial charge in [0.2, 0.25) is 0 Å². The Bertz CT molecular complexity index is 1350. The van der Waals surface area contributed by atoms with Crippen molar-refractivity contribution in [1.29, 1.82) is 0 Å². The number of H-pyrrole nitrogens is 1. The van der Waals surface area contributed by atoms with Gasteiger partial charge in [-0.05, 0) is 41.2 Å². The van der Waals surface area contributed by atoms with E-state index >= 15 is 0 Å². The van der Waals surface area contributed by atoms with Crippen LogP contribution in [0.3, 0.4) is 0 Å². The second-order valence-corrected chi connectivity index (χ2v) is 10.4. The van der Waals surface area contributed by atoms with Crippen molar-refractivity contribution in [3.05, 3.63) is 87.1 Å². The fourth-order valence-corrected chi connectivity index (χ4v) is 5.55. The maximum Gasteiger partial charge on any atom is 0.257 e. The zero-order valence-corrected chi connectivity index (χ0v) is 20.2. The molecule has 3 aromatic rings. The van der Waals surface area contributed by atoms with E-state index in [0.29, 0.717) is 46.5 Å². The highest BCUT2D eigenvalue weighted by Gasteiger charge is 2.42. The number of fused-ring (bicyclic) bond motifs is 1. The lowest BCUT2D eigenvalue weighted by Crippen LogP contribution is -2.37. The van der Waals surface area contributed by atoms with Crippen molar-refractivity contribution < 1.29 is 9.53 Å². The first kappa shape index (κ1) is 22.4. The van der Waals surface area contributed by atoms with Crippen LogP contribution >= 0.6 is 11.8 Å². The number of aromatic amines is 1. The Morgan fingerprint density at radius 2 is 2.03 bits per heavy atom. The average Bonchev–Trinajstić information content (AvgIpc) is 2.81. The van der Waals surface area contributed by atoms with E-state index in [2.05, 4.69) is 29.1 Å². The lowest BCUT2D eigenvalue weighted by molar-refractivity contribution is -0.118. The molecule has 2 aromatic heterocycles. The van der Waals surface area contributed by atoms with Gasteiger partial charge in [0, 0.05) is 41.8 Å². The molecule has 0 bridgehead atoms. The van der Waals surface area contributed by atoms with Gasteiger partial charge < -0.3 is 15.0 Å². The van der Waals surface area contributed by atoms with Crippen LogP contribution in [0.25, 0.3) is 0 Å². The summed E-state index contributed by atoms with van der Waals surface area (Å²) in [5.74, 6) is 1.38. The summed E-state index contributed by atoms with van der Waals surface area (Å²) in [6.45, 7) is 4.18. The van der Waals surface area contributed by atoms with E-state index in [9.17, 15) is 9.59 Å². The van der Waals surface area contributed by atoms with Crippen molar-refractivity contribution in [2.24, 2.45) is 5.41 Å². The van der Waals surface area contributed by atoms with Crippen LogP contribution in [0.15, 0.2) is 70.0 Å². The van der Waals surface area contributed by atoms with Gasteiger partial charge in [0.25, 0.3) is 5.56 Å². The summed E-state index contributed by atoms with van der Waals surface area (Å²) in [7, 11) is 1.61. The first-order chi connectivity index (χ1) is 16.3. The molecule has 0 amide bonds. The maximum atomic E-state index is 13.4. The van der Waals surface area contributed by atoms with Gasteiger partial charge in [-0.15, -0.1) is 0 Å². The molecule has 1 aliphatic heterocycles. The summed E-state index contributed by atoms with van der Waals surface area (Å²) in [5, 5.41) is 3.89. The van der Waals surface area contributed by atoms with Crippen LogP contribution in [0.5, 0.6) is 5.75 Å². The number of aromatic nitrogens is 3. The van der Waals surface area contributed by atoms with E-state index in [1.165, 1.54) is 11.8 Å². The summed E-state index contributed by atoms with van der Waals surface area (Å²) in [5.41, 5.74) is 3.43. The minimum atomic E-state index is -0.501. The van der Waals surface area contributed by atoms with Crippen molar-refractivity contribution in [3.8, 4) is 5.75 Å². The summed E-state index contributed by atoms with van der Waals surface area (Å²) < 4.78 is 5.43. The standard InChI is InChI=1S/C26H26N4O3S/c1-26(2)11-18-21(19(31)12-26)20(16-7-4-8-17(10-16)33-3)22-23(28-18)29-25(30-24(22)32)34-14-15-6-5-9-27-13-15/h4-10,13,20H,11-12,14H2,1-3H3,(H2,28,29,30,32). The Hall–Kier alpha value is -3.39. The molecule has 0 radical (unpaired) electrons. The van der Waals surface area contributed by atoms with Gasteiger partial charge in [0.15, 0.2) is 10.9 Å². The van der Waals surface area contributed by atoms with Crippen LogP contribution in [0, 0.1) is 5.41 Å². The van der Waals surface area contributed by atoms with Crippen molar-refractivity contribution in [2.45, 2.75) is 43.5 Å². The molecule has 1 aliphatic carbocycles. The summed E-state index contributed by atoms with van der Waals surface area (Å²) >= 11 is 1.44. The molecule has 2 aliphatic rings. The van der Waals surface area contributed by atoms with Crippen molar-refractivity contribution in [1.82, 2.24) is 15.0 Å².